The normalized spacial score (nSPS) is 16.6. The van der Waals surface area contributed by atoms with Crippen LogP contribution in [0.25, 0.3) is 11.1 Å². The first-order chi connectivity index (χ1) is 14.1. The minimum Gasteiger partial charge on any atom is -0.454 e. The van der Waals surface area contributed by atoms with Crippen molar-refractivity contribution in [1.82, 2.24) is 19.9 Å². The summed E-state index contributed by atoms with van der Waals surface area (Å²) in [4.78, 5) is 21.8. The Morgan fingerprint density at radius 3 is 2.69 bits per heavy atom. The number of ether oxygens (including phenoxy) is 2. The van der Waals surface area contributed by atoms with Gasteiger partial charge in [-0.1, -0.05) is 11.2 Å². The number of hydrogen-bond donors (Lipinski definition) is 0. The summed E-state index contributed by atoms with van der Waals surface area (Å²) in [6.07, 6.45) is 0. The molecule has 2 aromatic heterocycles. The molecular formula is C21H22N4O4. The Balaban J connectivity index is 1.27. The molecule has 0 N–H and O–H groups in total. The fourth-order valence-electron chi connectivity index (χ4n) is 3.96. The first-order valence-corrected chi connectivity index (χ1v) is 9.72. The van der Waals surface area contributed by atoms with Gasteiger partial charge in [0.15, 0.2) is 11.5 Å². The lowest BCUT2D eigenvalue weighted by Crippen LogP contribution is -2.48. The highest BCUT2D eigenvalue weighted by Gasteiger charge is 2.26. The highest BCUT2D eigenvalue weighted by molar-refractivity contribution is 6.06. The van der Waals surface area contributed by atoms with Crippen LogP contribution in [0.2, 0.25) is 0 Å². The molecule has 0 bridgehead atoms. The highest BCUT2D eigenvalue weighted by Crippen LogP contribution is 2.33. The molecule has 29 heavy (non-hydrogen) atoms. The summed E-state index contributed by atoms with van der Waals surface area (Å²) in [5.74, 6) is 1.61. The number of carbonyl (C=O) groups excluding carboxylic acids is 1. The zero-order chi connectivity index (χ0) is 20.0. The monoisotopic (exact) mass is 394 g/mol. The summed E-state index contributed by atoms with van der Waals surface area (Å²) >= 11 is 0. The predicted octanol–water partition coefficient (Wildman–Crippen LogP) is 2.53. The largest absolute Gasteiger partial charge is 0.454 e. The van der Waals surface area contributed by atoms with Gasteiger partial charge in [0.2, 0.25) is 6.79 Å². The van der Waals surface area contributed by atoms with Gasteiger partial charge in [-0.25, -0.2) is 4.98 Å². The molecule has 0 atom stereocenters. The van der Waals surface area contributed by atoms with Crippen LogP contribution in [0.15, 0.2) is 28.8 Å². The summed E-state index contributed by atoms with van der Waals surface area (Å²) < 4.78 is 16.1. The number of benzene rings is 1. The number of fused-ring (bicyclic) bond motifs is 2. The van der Waals surface area contributed by atoms with Gasteiger partial charge in [-0.05, 0) is 37.6 Å². The molecule has 8 nitrogen and oxygen atoms in total. The van der Waals surface area contributed by atoms with Gasteiger partial charge in [0.05, 0.1) is 16.6 Å². The molecule has 150 valence electrons. The van der Waals surface area contributed by atoms with E-state index in [0.29, 0.717) is 35.4 Å². The van der Waals surface area contributed by atoms with E-state index in [9.17, 15) is 4.79 Å². The average molecular weight is 394 g/mol. The zero-order valence-corrected chi connectivity index (χ0v) is 16.5. The Bertz CT molecular complexity index is 1090. The van der Waals surface area contributed by atoms with Crippen LogP contribution in [0.1, 0.15) is 27.3 Å². The van der Waals surface area contributed by atoms with Gasteiger partial charge in [-0.2, -0.15) is 0 Å². The van der Waals surface area contributed by atoms with Crippen molar-refractivity contribution in [2.45, 2.75) is 20.4 Å². The maximum Gasteiger partial charge on any atom is 0.258 e. The number of pyridine rings is 1. The van der Waals surface area contributed by atoms with Crippen LogP contribution in [0.4, 0.5) is 0 Å². The maximum absolute atomic E-state index is 13.2. The Labute approximate surface area is 168 Å². The van der Waals surface area contributed by atoms with Crippen LogP contribution in [0, 0.1) is 13.8 Å². The first kappa shape index (κ1) is 17.9. The Morgan fingerprint density at radius 2 is 1.86 bits per heavy atom. The summed E-state index contributed by atoms with van der Waals surface area (Å²) in [5, 5.41) is 4.68. The molecule has 5 rings (SSSR count). The second-order valence-corrected chi connectivity index (χ2v) is 7.52. The Morgan fingerprint density at radius 1 is 1.07 bits per heavy atom. The van der Waals surface area contributed by atoms with Gasteiger partial charge in [-0.3, -0.25) is 9.69 Å². The van der Waals surface area contributed by atoms with Crippen molar-refractivity contribution in [3.63, 3.8) is 0 Å². The minimum atomic E-state index is 0.00882. The number of aromatic nitrogens is 2. The molecule has 0 saturated carbocycles. The second kappa shape index (κ2) is 7.04. The molecular weight excluding hydrogens is 372 g/mol. The summed E-state index contributed by atoms with van der Waals surface area (Å²) in [7, 11) is 0. The number of nitrogens with zero attached hydrogens (tertiary/aromatic N) is 4. The van der Waals surface area contributed by atoms with Gasteiger partial charge < -0.3 is 18.9 Å². The summed E-state index contributed by atoms with van der Waals surface area (Å²) in [6.45, 7) is 7.79. The predicted molar refractivity (Wildman–Crippen MR) is 105 cm³/mol. The molecule has 0 unspecified atom stereocenters. The van der Waals surface area contributed by atoms with Gasteiger partial charge in [0.1, 0.15) is 0 Å². The summed E-state index contributed by atoms with van der Waals surface area (Å²) in [5.41, 5.74) is 3.67. The first-order valence-electron chi connectivity index (χ1n) is 9.72. The van der Waals surface area contributed by atoms with Crippen LogP contribution in [-0.2, 0) is 6.54 Å². The van der Waals surface area contributed by atoms with E-state index in [0.717, 1.165) is 36.8 Å². The molecule has 1 aromatic carbocycles. The van der Waals surface area contributed by atoms with Gasteiger partial charge >= 0.3 is 0 Å². The molecule has 8 heteroatoms. The van der Waals surface area contributed by atoms with Crippen LogP contribution in [0.3, 0.4) is 0 Å². The quantitative estimate of drug-likeness (QED) is 0.675. The number of amides is 1. The van der Waals surface area contributed by atoms with E-state index >= 15 is 0 Å². The van der Waals surface area contributed by atoms with Crippen molar-refractivity contribution in [2.75, 3.05) is 33.0 Å². The molecule has 0 radical (unpaired) electrons. The molecule has 1 saturated heterocycles. The third-order valence-corrected chi connectivity index (χ3v) is 5.48. The Hall–Kier alpha value is -3.13. The molecule has 1 fully saturated rings. The topological polar surface area (TPSA) is 80.9 Å². The molecule has 0 spiro atoms. The van der Waals surface area contributed by atoms with E-state index in [-0.39, 0.29) is 12.7 Å². The zero-order valence-electron chi connectivity index (χ0n) is 16.5. The van der Waals surface area contributed by atoms with Crippen molar-refractivity contribution in [1.29, 1.82) is 0 Å². The molecule has 4 heterocycles. The Kier molecular flexibility index (Phi) is 4.35. The summed E-state index contributed by atoms with van der Waals surface area (Å²) in [6, 6.07) is 7.88. The molecule has 0 aliphatic carbocycles. The smallest absolute Gasteiger partial charge is 0.258 e. The lowest BCUT2D eigenvalue weighted by atomic mass is 10.1. The van der Waals surface area contributed by atoms with Crippen molar-refractivity contribution in [2.24, 2.45) is 0 Å². The van der Waals surface area contributed by atoms with Gasteiger partial charge in [0.25, 0.3) is 11.6 Å². The van der Waals surface area contributed by atoms with Crippen LogP contribution >= 0.6 is 0 Å². The number of piperazine rings is 1. The van der Waals surface area contributed by atoms with E-state index in [1.54, 1.807) is 0 Å². The number of aryl methyl sites for hydroxylation is 2. The third kappa shape index (κ3) is 3.29. The van der Waals surface area contributed by atoms with Crippen LogP contribution in [-0.4, -0.2) is 58.8 Å². The van der Waals surface area contributed by atoms with Crippen molar-refractivity contribution >= 4 is 17.0 Å². The van der Waals surface area contributed by atoms with Crippen molar-refractivity contribution < 1.29 is 18.8 Å². The SMILES string of the molecule is Cc1cc(C(=O)N2CCN(Cc3ccc4c(c3)OCO4)CC2)c2c(C)noc2n1. The van der Waals surface area contributed by atoms with Crippen molar-refractivity contribution in [3.8, 4) is 11.5 Å². The standard InChI is InChI=1S/C21H22N4O4/c1-13-9-16(19-14(2)23-29-20(19)22-13)21(26)25-7-5-24(6-8-25)11-15-3-4-17-18(10-15)28-12-27-17/h3-4,9-10H,5-8,11-12H2,1-2H3. The fourth-order valence-corrected chi connectivity index (χ4v) is 3.96. The third-order valence-electron chi connectivity index (χ3n) is 5.48. The highest BCUT2D eigenvalue weighted by atomic mass is 16.7. The van der Waals surface area contributed by atoms with Gasteiger partial charge in [0, 0.05) is 38.4 Å². The number of carbonyl (C=O) groups is 1. The molecule has 2 aliphatic heterocycles. The molecule has 3 aromatic rings. The number of rotatable bonds is 3. The van der Waals surface area contributed by atoms with Gasteiger partial charge in [-0.15, -0.1) is 0 Å². The average Bonchev–Trinajstić information content (AvgIpc) is 3.34. The van der Waals surface area contributed by atoms with Crippen LogP contribution < -0.4 is 9.47 Å². The lowest BCUT2D eigenvalue weighted by molar-refractivity contribution is 0.0630. The van der Waals surface area contributed by atoms with E-state index in [1.165, 1.54) is 5.56 Å². The fraction of sp³-hybridized carbons (Fsp3) is 0.381. The molecule has 2 aliphatic rings. The number of hydrogen-bond acceptors (Lipinski definition) is 7. The maximum atomic E-state index is 13.2. The van der Waals surface area contributed by atoms with Crippen LogP contribution in [0.5, 0.6) is 11.5 Å². The van der Waals surface area contributed by atoms with E-state index in [1.807, 2.05) is 36.9 Å². The lowest BCUT2D eigenvalue weighted by Gasteiger charge is -2.35. The second-order valence-electron chi connectivity index (χ2n) is 7.52. The van der Waals surface area contributed by atoms with E-state index in [4.69, 9.17) is 14.0 Å². The minimum absolute atomic E-state index is 0.00882. The van der Waals surface area contributed by atoms with E-state index < -0.39 is 0 Å². The molecule has 1 amide bonds. The van der Waals surface area contributed by atoms with E-state index in [2.05, 4.69) is 21.1 Å². The van der Waals surface area contributed by atoms with Crippen molar-refractivity contribution in [3.05, 3.63) is 46.8 Å².